The van der Waals surface area contributed by atoms with E-state index in [0.717, 1.165) is 17.0 Å². The van der Waals surface area contributed by atoms with Crippen molar-refractivity contribution in [1.82, 2.24) is 20.4 Å². The molecule has 31 heavy (non-hydrogen) atoms. The first-order chi connectivity index (χ1) is 15.1. The highest BCUT2D eigenvalue weighted by Gasteiger charge is 2.28. The zero-order valence-corrected chi connectivity index (χ0v) is 17.2. The Labute approximate surface area is 180 Å². The van der Waals surface area contributed by atoms with E-state index in [1.54, 1.807) is 42.3 Å². The van der Waals surface area contributed by atoms with Gasteiger partial charge >= 0.3 is 0 Å². The number of amides is 2. The molecular weight excluding hydrogens is 396 g/mol. The third-order valence-corrected chi connectivity index (χ3v) is 5.12. The average molecular weight is 420 g/mol. The van der Waals surface area contributed by atoms with Crippen molar-refractivity contribution in [3.8, 4) is 11.5 Å². The lowest BCUT2D eigenvalue weighted by Crippen LogP contribution is -2.39. The van der Waals surface area contributed by atoms with Crippen molar-refractivity contribution >= 4 is 11.8 Å². The summed E-state index contributed by atoms with van der Waals surface area (Å²) in [5, 5.41) is 10.2. The van der Waals surface area contributed by atoms with E-state index in [2.05, 4.69) is 15.7 Å². The van der Waals surface area contributed by atoms with Gasteiger partial charge in [-0.05, 0) is 29.8 Å². The molecule has 8 nitrogen and oxygen atoms in total. The van der Waals surface area contributed by atoms with Gasteiger partial charge in [0.1, 0.15) is 11.5 Å². The number of carbonyl (C=O) groups excluding carboxylic acids is 2. The summed E-state index contributed by atoms with van der Waals surface area (Å²) < 4.78 is 12.4. The van der Waals surface area contributed by atoms with Gasteiger partial charge in [0.25, 0.3) is 11.8 Å². The highest BCUT2D eigenvalue weighted by atomic mass is 16.5. The first kappa shape index (κ1) is 20.5. The Balaban J connectivity index is 1.27. The van der Waals surface area contributed by atoms with Crippen LogP contribution in [0.4, 0.5) is 0 Å². The molecule has 0 saturated carbocycles. The summed E-state index contributed by atoms with van der Waals surface area (Å²) in [7, 11) is 1.59. The molecule has 1 aliphatic heterocycles. The van der Waals surface area contributed by atoms with Crippen molar-refractivity contribution in [3.05, 3.63) is 77.6 Å². The number of methoxy groups -OCH3 is 1. The van der Waals surface area contributed by atoms with Crippen LogP contribution < -0.4 is 20.1 Å². The minimum Gasteiger partial charge on any atom is -0.497 e. The van der Waals surface area contributed by atoms with Gasteiger partial charge in [-0.25, -0.2) is 0 Å². The van der Waals surface area contributed by atoms with Crippen molar-refractivity contribution in [1.29, 1.82) is 0 Å². The van der Waals surface area contributed by atoms with Crippen molar-refractivity contribution in [2.45, 2.75) is 25.6 Å². The van der Waals surface area contributed by atoms with E-state index in [1.807, 2.05) is 30.3 Å². The van der Waals surface area contributed by atoms with E-state index >= 15 is 0 Å². The van der Waals surface area contributed by atoms with Crippen LogP contribution in [0.3, 0.4) is 0 Å². The summed E-state index contributed by atoms with van der Waals surface area (Å²) in [6, 6.07) is 16.6. The second-order valence-electron chi connectivity index (χ2n) is 7.29. The SMILES string of the molecule is COc1ccc(OCC(=O)N[C@H]2Cc3c(C(=O)NCc4ccccc4)cnn3C2)cc1. The molecule has 160 valence electrons. The van der Waals surface area contributed by atoms with Crippen LogP contribution in [0.5, 0.6) is 11.5 Å². The van der Waals surface area contributed by atoms with Crippen LogP contribution in [0.15, 0.2) is 60.8 Å². The Kier molecular flexibility index (Phi) is 6.16. The predicted molar refractivity (Wildman–Crippen MR) is 114 cm³/mol. The number of rotatable bonds is 8. The molecule has 8 heteroatoms. The lowest BCUT2D eigenvalue weighted by molar-refractivity contribution is -0.123. The molecule has 0 radical (unpaired) electrons. The molecule has 0 unspecified atom stereocenters. The van der Waals surface area contributed by atoms with Crippen molar-refractivity contribution in [2.24, 2.45) is 0 Å². The monoisotopic (exact) mass is 420 g/mol. The third kappa shape index (κ3) is 5.03. The van der Waals surface area contributed by atoms with Crippen LogP contribution >= 0.6 is 0 Å². The number of ether oxygens (including phenoxy) is 2. The fourth-order valence-electron chi connectivity index (χ4n) is 3.54. The highest BCUT2D eigenvalue weighted by molar-refractivity contribution is 5.95. The molecule has 2 aromatic carbocycles. The number of nitrogens with one attached hydrogen (secondary N) is 2. The molecule has 0 bridgehead atoms. The highest BCUT2D eigenvalue weighted by Crippen LogP contribution is 2.20. The van der Waals surface area contributed by atoms with Crippen LogP contribution in [-0.2, 0) is 24.3 Å². The average Bonchev–Trinajstić information content (AvgIpc) is 3.37. The second kappa shape index (κ2) is 9.34. The fraction of sp³-hybridized carbons (Fsp3) is 0.261. The quantitative estimate of drug-likeness (QED) is 0.581. The van der Waals surface area contributed by atoms with Crippen molar-refractivity contribution in [2.75, 3.05) is 13.7 Å². The Morgan fingerprint density at radius 1 is 1.10 bits per heavy atom. The van der Waals surface area contributed by atoms with Gasteiger partial charge in [-0.1, -0.05) is 30.3 Å². The molecule has 2 heterocycles. The lowest BCUT2D eigenvalue weighted by atomic mass is 10.1. The van der Waals surface area contributed by atoms with Crippen LogP contribution in [0.25, 0.3) is 0 Å². The Hall–Kier alpha value is -3.81. The summed E-state index contributed by atoms with van der Waals surface area (Å²) in [6.45, 7) is 0.887. The predicted octanol–water partition coefficient (Wildman–Crippen LogP) is 1.94. The van der Waals surface area contributed by atoms with Gasteiger partial charge in [0.15, 0.2) is 6.61 Å². The zero-order chi connectivity index (χ0) is 21.6. The van der Waals surface area contributed by atoms with Crippen LogP contribution in [-0.4, -0.2) is 41.4 Å². The Morgan fingerprint density at radius 3 is 2.58 bits per heavy atom. The first-order valence-corrected chi connectivity index (χ1v) is 10.1. The van der Waals surface area contributed by atoms with E-state index in [4.69, 9.17) is 9.47 Å². The van der Waals surface area contributed by atoms with Crippen LogP contribution in [0, 0.1) is 0 Å². The number of aromatic nitrogens is 2. The van der Waals surface area contributed by atoms with Gasteiger partial charge < -0.3 is 20.1 Å². The molecular formula is C23H24N4O4. The molecule has 2 amide bonds. The number of carbonyl (C=O) groups is 2. The van der Waals surface area contributed by atoms with E-state index in [-0.39, 0.29) is 24.5 Å². The number of hydrogen-bond acceptors (Lipinski definition) is 5. The van der Waals surface area contributed by atoms with E-state index < -0.39 is 0 Å². The second-order valence-corrected chi connectivity index (χ2v) is 7.29. The van der Waals surface area contributed by atoms with Crippen LogP contribution in [0.2, 0.25) is 0 Å². The summed E-state index contributed by atoms with van der Waals surface area (Å²) >= 11 is 0. The van der Waals surface area contributed by atoms with E-state index in [9.17, 15) is 9.59 Å². The summed E-state index contributed by atoms with van der Waals surface area (Å²) in [6.07, 6.45) is 2.13. The molecule has 0 spiro atoms. The number of fused-ring (bicyclic) bond motifs is 1. The smallest absolute Gasteiger partial charge is 0.258 e. The maximum absolute atomic E-state index is 12.6. The fourth-order valence-corrected chi connectivity index (χ4v) is 3.54. The Bertz CT molecular complexity index is 1050. The number of hydrogen-bond donors (Lipinski definition) is 2. The topological polar surface area (TPSA) is 94.5 Å². The van der Waals surface area contributed by atoms with Gasteiger partial charge in [0, 0.05) is 13.0 Å². The van der Waals surface area contributed by atoms with Gasteiger partial charge in [0.2, 0.25) is 0 Å². The molecule has 3 aromatic rings. The number of benzene rings is 2. The largest absolute Gasteiger partial charge is 0.497 e. The first-order valence-electron chi connectivity index (χ1n) is 10.1. The zero-order valence-electron chi connectivity index (χ0n) is 17.2. The standard InChI is InChI=1S/C23H24N4O4/c1-30-18-7-9-19(10-8-18)31-15-22(28)26-17-11-21-20(13-25-27(21)14-17)23(29)24-12-16-5-3-2-4-6-16/h2-10,13,17H,11-12,14-15H2,1H3,(H,24,29)(H,26,28)/t17-/m0/s1. The molecule has 1 aliphatic rings. The minimum atomic E-state index is -0.221. The van der Waals surface area contributed by atoms with E-state index in [1.165, 1.54) is 0 Å². The Morgan fingerprint density at radius 2 is 1.84 bits per heavy atom. The molecule has 2 N–H and O–H groups in total. The summed E-state index contributed by atoms with van der Waals surface area (Å²) in [5.41, 5.74) is 2.40. The number of nitrogens with zero attached hydrogens (tertiary/aromatic N) is 2. The maximum atomic E-state index is 12.6. The van der Waals surface area contributed by atoms with E-state index in [0.29, 0.717) is 30.8 Å². The maximum Gasteiger partial charge on any atom is 0.258 e. The molecule has 1 aromatic heterocycles. The lowest BCUT2D eigenvalue weighted by Gasteiger charge is -2.12. The normalized spacial score (nSPS) is 14.5. The van der Waals surface area contributed by atoms with Gasteiger partial charge in [-0.15, -0.1) is 0 Å². The van der Waals surface area contributed by atoms with Gasteiger partial charge in [0.05, 0.1) is 37.2 Å². The van der Waals surface area contributed by atoms with Crippen LogP contribution in [0.1, 0.15) is 21.6 Å². The van der Waals surface area contributed by atoms with Crippen molar-refractivity contribution in [3.63, 3.8) is 0 Å². The third-order valence-electron chi connectivity index (χ3n) is 5.12. The molecule has 0 fully saturated rings. The molecule has 0 saturated heterocycles. The molecule has 0 aliphatic carbocycles. The van der Waals surface area contributed by atoms with Crippen molar-refractivity contribution < 1.29 is 19.1 Å². The molecule has 4 rings (SSSR count). The molecule has 1 atom stereocenters. The summed E-state index contributed by atoms with van der Waals surface area (Å²) in [4.78, 5) is 24.9. The van der Waals surface area contributed by atoms with Gasteiger partial charge in [-0.2, -0.15) is 5.10 Å². The van der Waals surface area contributed by atoms with Gasteiger partial charge in [-0.3, -0.25) is 14.3 Å². The minimum absolute atomic E-state index is 0.0877. The summed E-state index contributed by atoms with van der Waals surface area (Å²) in [5.74, 6) is 0.926.